The number of thioether (sulfide) groups is 1. The second-order valence-electron chi connectivity index (χ2n) is 6.54. The summed E-state index contributed by atoms with van der Waals surface area (Å²) < 4.78 is 25.3. The number of fused-ring (bicyclic) bond motifs is 1. The minimum absolute atomic E-state index is 0.0881. The van der Waals surface area contributed by atoms with Crippen molar-refractivity contribution >= 4 is 71.6 Å². The molecule has 0 bridgehead atoms. The standard InChI is InChI=1S/C18H15BrCl2N2O2S2/c19-12-3-1-11(2-4-12)8-26-18-22-16-9-27(24,25)10-17(16)23(18)15-6-13(20)5-14(21)7-15/h1-7,16-17H,8-10H2/t16-,17+/m0/s1. The van der Waals surface area contributed by atoms with Gasteiger partial charge >= 0.3 is 0 Å². The molecule has 142 valence electrons. The van der Waals surface area contributed by atoms with Gasteiger partial charge in [0.15, 0.2) is 15.0 Å². The van der Waals surface area contributed by atoms with Gasteiger partial charge in [-0.05, 0) is 35.9 Å². The number of hydrogen-bond donors (Lipinski definition) is 0. The van der Waals surface area contributed by atoms with E-state index < -0.39 is 9.84 Å². The molecule has 2 heterocycles. The van der Waals surface area contributed by atoms with Gasteiger partial charge in [-0.25, -0.2) is 8.42 Å². The third-order valence-corrected chi connectivity index (χ3v) is 8.22. The maximum atomic E-state index is 12.1. The SMILES string of the molecule is O=S1(=O)C[C@@H]2N=C(SCc3ccc(Br)cc3)N(c3cc(Cl)cc(Cl)c3)[C@@H]2C1. The molecule has 2 aliphatic heterocycles. The molecule has 27 heavy (non-hydrogen) atoms. The van der Waals surface area contributed by atoms with Crippen LogP contribution in [0.1, 0.15) is 5.56 Å². The van der Waals surface area contributed by atoms with E-state index in [-0.39, 0.29) is 23.6 Å². The van der Waals surface area contributed by atoms with Crippen molar-refractivity contribution in [3.05, 3.63) is 62.5 Å². The molecule has 2 aliphatic rings. The summed E-state index contributed by atoms with van der Waals surface area (Å²) in [7, 11) is -3.09. The van der Waals surface area contributed by atoms with Crippen LogP contribution in [0, 0.1) is 0 Å². The Morgan fingerprint density at radius 1 is 1.11 bits per heavy atom. The molecule has 2 aromatic rings. The summed E-state index contributed by atoms with van der Waals surface area (Å²) in [5.41, 5.74) is 1.94. The molecule has 4 nitrogen and oxygen atoms in total. The van der Waals surface area contributed by atoms with Crippen LogP contribution in [0.15, 0.2) is 51.9 Å². The third-order valence-electron chi connectivity index (χ3n) is 4.51. The van der Waals surface area contributed by atoms with Crippen molar-refractivity contribution in [2.24, 2.45) is 4.99 Å². The van der Waals surface area contributed by atoms with E-state index in [0.29, 0.717) is 10.0 Å². The molecule has 0 unspecified atom stereocenters. The zero-order chi connectivity index (χ0) is 19.2. The Balaban J connectivity index is 1.64. The van der Waals surface area contributed by atoms with Gasteiger partial charge in [-0.3, -0.25) is 4.99 Å². The number of benzene rings is 2. The first-order valence-corrected chi connectivity index (χ1v) is 12.6. The molecular formula is C18H15BrCl2N2O2S2. The predicted molar refractivity (Wildman–Crippen MR) is 118 cm³/mol. The number of nitrogens with zero attached hydrogens (tertiary/aromatic N) is 2. The molecule has 0 saturated carbocycles. The van der Waals surface area contributed by atoms with Crippen LogP contribution in [0.3, 0.4) is 0 Å². The topological polar surface area (TPSA) is 49.7 Å². The largest absolute Gasteiger partial charge is 0.315 e. The van der Waals surface area contributed by atoms with Gasteiger partial charge < -0.3 is 4.90 Å². The lowest BCUT2D eigenvalue weighted by atomic mass is 10.1. The van der Waals surface area contributed by atoms with E-state index >= 15 is 0 Å². The number of anilines is 1. The number of aliphatic imine (C=N–C) groups is 1. The van der Waals surface area contributed by atoms with Crippen LogP contribution in [0.4, 0.5) is 5.69 Å². The van der Waals surface area contributed by atoms with Crippen molar-refractivity contribution in [3.8, 4) is 0 Å². The smallest absolute Gasteiger partial charge is 0.164 e. The summed E-state index contributed by atoms with van der Waals surface area (Å²) in [6, 6.07) is 12.9. The van der Waals surface area contributed by atoms with Crippen LogP contribution in [0.2, 0.25) is 10.0 Å². The summed E-state index contributed by atoms with van der Waals surface area (Å²) in [4.78, 5) is 6.71. The monoisotopic (exact) mass is 504 g/mol. The lowest BCUT2D eigenvalue weighted by Gasteiger charge is -2.27. The zero-order valence-corrected chi connectivity index (χ0v) is 18.7. The molecule has 0 aromatic heterocycles. The van der Waals surface area contributed by atoms with Crippen LogP contribution in [0.25, 0.3) is 0 Å². The third kappa shape index (κ3) is 4.32. The van der Waals surface area contributed by atoms with Crippen molar-refractivity contribution in [2.45, 2.75) is 17.8 Å². The minimum Gasteiger partial charge on any atom is -0.315 e. The Hall–Kier alpha value is -0.730. The van der Waals surface area contributed by atoms with E-state index in [1.54, 1.807) is 30.0 Å². The van der Waals surface area contributed by atoms with Gasteiger partial charge in [-0.2, -0.15) is 0 Å². The molecule has 0 amide bonds. The Bertz CT molecular complexity index is 992. The van der Waals surface area contributed by atoms with E-state index in [4.69, 9.17) is 28.2 Å². The molecule has 0 radical (unpaired) electrons. The highest BCUT2D eigenvalue weighted by molar-refractivity contribution is 9.10. The highest BCUT2D eigenvalue weighted by Crippen LogP contribution is 2.38. The first-order valence-electron chi connectivity index (χ1n) is 8.21. The Kier molecular flexibility index (Phi) is 5.51. The lowest BCUT2D eigenvalue weighted by molar-refractivity contribution is 0.601. The summed E-state index contributed by atoms with van der Waals surface area (Å²) in [6.07, 6.45) is 0. The quantitative estimate of drug-likeness (QED) is 0.586. The Labute approximate surface area is 181 Å². The highest BCUT2D eigenvalue weighted by atomic mass is 79.9. The summed E-state index contributed by atoms with van der Waals surface area (Å²) in [6.45, 7) is 0. The van der Waals surface area contributed by atoms with Crippen molar-refractivity contribution < 1.29 is 8.42 Å². The number of sulfone groups is 1. The average Bonchev–Trinajstić information content (AvgIpc) is 3.04. The summed E-state index contributed by atoms with van der Waals surface area (Å²) in [5.74, 6) is 0.918. The van der Waals surface area contributed by atoms with Gasteiger partial charge in [0.25, 0.3) is 0 Å². The molecule has 0 N–H and O–H groups in total. The van der Waals surface area contributed by atoms with Gasteiger partial charge in [0.1, 0.15) is 0 Å². The van der Waals surface area contributed by atoms with E-state index in [9.17, 15) is 8.42 Å². The van der Waals surface area contributed by atoms with Crippen molar-refractivity contribution in [1.82, 2.24) is 0 Å². The highest BCUT2D eigenvalue weighted by Gasteiger charge is 2.47. The van der Waals surface area contributed by atoms with Crippen LogP contribution >= 0.6 is 50.9 Å². The molecule has 9 heteroatoms. The number of hydrogen-bond acceptors (Lipinski definition) is 5. The fourth-order valence-corrected chi connectivity index (χ4v) is 7.04. The van der Waals surface area contributed by atoms with E-state index in [2.05, 4.69) is 28.1 Å². The molecule has 1 saturated heterocycles. The Morgan fingerprint density at radius 3 is 2.44 bits per heavy atom. The van der Waals surface area contributed by atoms with Gasteiger partial charge in [-0.1, -0.05) is 63.0 Å². The number of amidine groups is 1. The first-order chi connectivity index (χ1) is 12.8. The Morgan fingerprint density at radius 2 is 1.78 bits per heavy atom. The second kappa shape index (κ2) is 7.59. The normalized spacial score (nSPS) is 23.4. The molecule has 2 aromatic carbocycles. The molecular weight excluding hydrogens is 491 g/mol. The average molecular weight is 506 g/mol. The zero-order valence-electron chi connectivity index (χ0n) is 14.0. The number of halogens is 3. The molecule has 4 rings (SSSR count). The van der Waals surface area contributed by atoms with Crippen LogP contribution in [-0.2, 0) is 15.6 Å². The summed E-state index contributed by atoms with van der Waals surface area (Å²) in [5, 5.41) is 1.83. The molecule has 0 spiro atoms. The maximum absolute atomic E-state index is 12.1. The van der Waals surface area contributed by atoms with Crippen LogP contribution < -0.4 is 4.90 Å². The first kappa shape index (κ1) is 19.6. The minimum atomic E-state index is -3.09. The fraction of sp³-hybridized carbons (Fsp3) is 0.278. The molecule has 0 aliphatic carbocycles. The molecule has 1 fully saturated rings. The maximum Gasteiger partial charge on any atom is 0.164 e. The number of rotatable bonds is 3. The van der Waals surface area contributed by atoms with Crippen molar-refractivity contribution in [3.63, 3.8) is 0 Å². The van der Waals surface area contributed by atoms with Gasteiger partial charge in [0.05, 0.1) is 23.6 Å². The van der Waals surface area contributed by atoms with Crippen molar-refractivity contribution in [2.75, 3.05) is 16.4 Å². The van der Waals surface area contributed by atoms with Crippen LogP contribution in [0.5, 0.6) is 0 Å². The fourth-order valence-electron chi connectivity index (χ4n) is 3.34. The van der Waals surface area contributed by atoms with Crippen molar-refractivity contribution in [1.29, 1.82) is 0 Å². The van der Waals surface area contributed by atoms with E-state index in [0.717, 1.165) is 21.1 Å². The lowest BCUT2D eigenvalue weighted by Crippen LogP contribution is -2.39. The second-order valence-corrected chi connectivity index (χ2v) is 11.4. The van der Waals surface area contributed by atoms with Crippen LogP contribution in [-0.4, -0.2) is 37.2 Å². The van der Waals surface area contributed by atoms with Gasteiger partial charge in [-0.15, -0.1) is 0 Å². The van der Waals surface area contributed by atoms with E-state index in [1.807, 2.05) is 17.0 Å². The van der Waals surface area contributed by atoms with Gasteiger partial charge in [0, 0.05) is 26.0 Å². The summed E-state index contributed by atoms with van der Waals surface area (Å²) >= 11 is 17.4. The van der Waals surface area contributed by atoms with E-state index in [1.165, 1.54) is 5.56 Å². The molecule has 2 atom stereocenters. The predicted octanol–water partition coefficient (Wildman–Crippen LogP) is 5.03. The van der Waals surface area contributed by atoms with Gasteiger partial charge in [0.2, 0.25) is 0 Å².